The Morgan fingerprint density at radius 3 is 2.00 bits per heavy atom. The van der Waals surface area contributed by atoms with E-state index in [0.717, 1.165) is 32.1 Å². The van der Waals surface area contributed by atoms with Gasteiger partial charge in [-0.15, -0.1) is 0 Å². The summed E-state index contributed by atoms with van der Waals surface area (Å²) in [6.07, 6.45) is 0.963. The van der Waals surface area contributed by atoms with Crippen molar-refractivity contribution in [2.75, 3.05) is 18.0 Å². The van der Waals surface area contributed by atoms with E-state index in [1.165, 1.54) is 24.1 Å². The number of sulfonamides is 1. The molecule has 0 saturated carbocycles. The SMILES string of the molecule is CC[C@@H](C)NC(=O)[C@H](Cc1ccccc1)N(Cc1ccc(C)cc1)C(=O)CN(c1cc(C)ccc1OC)S(=O)(=O)c1ccc(C)cc1. The molecule has 0 radical (unpaired) electrons. The van der Waals surface area contributed by atoms with Crippen LogP contribution in [0.3, 0.4) is 0 Å². The van der Waals surface area contributed by atoms with E-state index in [4.69, 9.17) is 4.74 Å². The maximum atomic E-state index is 14.7. The predicted octanol–water partition coefficient (Wildman–Crippen LogP) is 6.37. The fraction of sp³-hybridized carbons (Fsp3) is 0.316. The lowest BCUT2D eigenvalue weighted by Gasteiger charge is -2.34. The molecule has 0 saturated heterocycles. The lowest BCUT2D eigenvalue weighted by Crippen LogP contribution is -2.54. The second-order valence-corrected chi connectivity index (χ2v) is 13.9. The van der Waals surface area contributed by atoms with Crippen LogP contribution in [0.4, 0.5) is 5.69 Å². The highest BCUT2D eigenvalue weighted by Crippen LogP contribution is 2.34. The molecule has 2 amide bonds. The molecule has 4 aromatic carbocycles. The summed E-state index contributed by atoms with van der Waals surface area (Å²) in [4.78, 5) is 30.3. The Bertz CT molecular complexity index is 1760. The topological polar surface area (TPSA) is 96.0 Å². The van der Waals surface area contributed by atoms with E-state index in [1.54, 1.807) is 24.3 Å². The number of methoxy groups -OCH3 is 1. The van der Waals surface area contributed by atoms with Crippen LogP contribution in [0.1, 0.15) is 48.1 Å². The molecule has 0 aliphatic carbocycles. The van der Waals surface area contributed by atoms with Crippen molar-refractivity contribution in [3.63, 3.8) is 0 Å². The molecule has 1 N–H and O–H groups in total. The monoisotopic (exact) mass is 655 g/mol. The molecule has 4 rings (SSSR count). The predicted molar refractivity (Wildman–Crippen MR) is 187 cm³/mol. The molecular formula is C38H45N3O5S. The number of ether oxygens (including phenoxy) is 1. The fourth-order valence-corrected chi connectivity index (χ4v) is 6.65. The molecule has 248 valence electrons. The van der Waals surface area contributed by atoms with E-state index in [2.05, 4.69) is 5.32 Å². The van der Waals surface area contributed by atoms with Crippen molar-refractivity contribution < 1.29 is 22.7 Å². The number of anilines is 1. The van der Waals surface area contributed by atoms with Crippen LogP contribution in [0.5, 0.6) is 5.75 Å². The molecule has 0 spiro atoms. The Balaban J connectivity index is 1.85. The largest absolute Gasteiger partial charge is 0.495 e. The van der Waals surface area contributed by atoms with Crippen molar-refractivity contribution in [1.82, 2.24) is 10.2 Å². The molecule has 2 atom stereocenters. The summed E-state index contributed by atoms with van der Waals surface area (Å²) in [7, 11) is -2.79. The molecule has 0 fully saturated rings. The molecule has 47 heavy (non-hydrogen) atoms. The van der Waals surface area contributed by atoms with Gasteiger partial charge in [0.05, 0.1) is 17.7 Å². The van der Waals surface area contributed by atoms with Gasteiger partial charge in [0.25, 0.3) is 10.0 Å². The standard InChI is InChI=1S/C38H45N3O5S/c1-7-30(5)39-38(43)35(24-31-11-9-8-10-12-31)40(25-32-18-13-27(2)14-19-32)37(42)26-41(34-23-29(4)17-22-36(34)46-6)47(44,45)33-20-15-28(3)16-21-33/h8-23,30,35H,7,24-26H2,1-6H3,(H,39,43)/t30-,35+/m1/s1. The van der Waals surface area contributed by atoms with Crippen molar-refractivity contribution in [3.8, 4) is 5.75 Å². The smallest absolute Gasteiger partial charge is 0.264 e. The summed E-state index contributed by atoms with van der Waals surface area (Å²) in [6, 6.07) is 28.0. The molecule has 4 aromatic rings. The minimum absolute atomic E-state index is 0.0416. The van der Waals surface area contributed by atoms with E-state index in [9.17, 15) is 18.0 Å². The first-order valence-corrected chi connectivity index (χ1v) is 17.3. The zero-order valence-electron chi connectivity index (χ0n) is 28.1. The van der Waals surface area contributed by atoms with Gasteiger partial charge in [0.1, 0.15) is 18.3 Å². The molecule has 0 aliphatic heterocycles. The van der Waals surface area contributed by atoms with Gasteiger partial charge in [0.2, 0.25) is 11.8 Å². The van der Waals surface area contributed by atoms with Gasteiger partial charge in [-0.05, 0) is 75.1 Å². The lowest BCUT2D eigenvalue weighted by atomic mass is 10.0. The van der Waals surface area contributed by atoms with Crippen LogP contribution in [-0.4, -0.2) is 50.9 Å². The summed E-state index contributed by atoms with van der Waals surface area (Å²) in [5.74, 6) is -0.519. The number of nitrogens with zero attached hydrogens (tertiary/aromatic N) is 2. The Morgan fingerprint density at radius 2 is 1.40 bits per heavy atom. The van der Waals surface area contributed by atoms with Crippen LogP contribution in [0.25, 0.3) is 0 Å². The lowest BCUT2D eigenvalue weighted by molar-refractivity contribution is -0.140. The second-order valence-electron chi connectivity index (χ2n) is 12.0. The third-order valence-electron chi connectivity index (χ3n) is 8.24. The Morgan fingerprint density at radius 1 is 0.809 bits per heavy atom. The second kappa shape index (κ2) is 15.8. The number of nitrogens with one attached hydrogen (secondary N) is 1. The molecule has 0 bridgehead atoms. The highest BCUT2D eigenvalue weighted by atomic mass is 32.2. The van der Waals surface area contributed by atoms with E-state index in [-0.39, 0.29) is 35.5 Å². The number of aryl methyl sites for hydroxylation is 3. The molecule has 0 aliphatic rings. The van der Waals surface area contributed by atoms with E-state index >= 15 is 0 Å². The summed E-state index contributed by atoms with van der Waals surface area (Å²) < 4.78 is 35.5. The van der Waals surface area contributed by atoms with Gasteiger partial charge in [0, 0.05) is 19.0 Å². The zero-order chi connectivity index (χ0) is 34.1. The fourth-order valence-electron chi connectivity index (χ4n) is 5.23. The highest BCUT2D eigenvalue weighted by Gasteiger charge is 2.36. The number of rotatable bonds is 14. The number of carbonyl (C=O) groups excluding carboxylic acids is 2. The van der Waals surface area contributed by atoms with Crippen molar-refractivity contribution in [2.24, 2.45) is 0 Å². The number of benzene rings is 4. The average molecular weight is 656 g/mol. The summed E-state index contributed by atoms with van der Waals surface area (Å²) in [5.41, 5.74) is 4.69. The quantitative estimate of drug-likeness (QED) is 0.170. The van der Waals surface area contributed by atoms with Crippen LogP contribution >= 0.6 is 0 Å². The third kappa shape index (κ3) is 9.01. The number of hydrogen-bond acceptors (Lipinski definition) is 5. The Kier molecular flexibility index (Phi) is 11.8. The molecule has 0 heterocycles. The Hall–Kier alpha value is -4.63. The maximum Gasteiger partial charge on any atom is 0.264 e. The van der Waals surface area contributed by atoms with Gasteiger partial charge >= 0.3 is 0 Å². The summed E-state index contributed by atoms with van der Waals surface area (Å²) >= 11 is 0. The van der Waals surface area contributed by atoms with Gasteiger partial charge in [-0.2, -0.15) is 0 Å². The van der Waals surface area contributed by atoms with Crippen molar-refractivity contribution >= 4 is 27.5 Å². The van der Waals surface area contributed by atoms with Crippen LogP contribution < -0.4 is 14.4 Å². The van der Waals surface area contributed by atoms with Gasteiger partial charge in [-0.1, -0.05) is 90.8 Å². The molecular weight excluding hydrogens is 611 g/mol. The number of hydrogen-bond donors (Lipinski definition) is 1. The molecule has 8 nitrogen and oxygen atoms in total. The normalized spacial score (nSPS) is 12.6. The molecule has 0 aromatic heterocycles. The minimum atomic E-state index is -4.25. The van der Waals surface area contributed by atoms with Crippen molar-refractivity contribution in [2.45, 2.75) is 71.0 Å². The summed E-state index contributed by atoms with van der Waals surface area (Å²) in [6.45, 7) is 9.16. The number of amides is 2. The third-order valence-corrected chi connectivity index (χ3v) is 10.0. The van der Waals surface area contributed by atoms with Gasteiger partial charge < -0.3 is 15.0 Å². The Labute approximate surface area is 279 Å². The first-order valence-electron chi connectivity index (χ1n) is 15.9. The first kappa shape index (κ1) is 35.2. The maximum absolute atomic E-state index is 14.7. The van der Waals surface area contributed by atoms with Gasteiger partial charge in [-0.25, -0.2) is 8.42 Å². The van der Waals surface area contributed by atoms with Crippen LogP contribution in [0.15, 0.2) is 102 Å². The zero-order valence-corrected chi connectivity index (χ0v) is 28.9. The highest BCUT2D eigenvalue weighted by molar-refractivity contribution is 7.92. The van der Waals surface area contributed by atoms with Crippen LogP contribution in [-0.2, 0) is 32.6 Å². The minimum Gasteiger partial charge on any atom is -0.495 e. The van der Waals surface area contributed by atoms with Crippen LogP contribution in [0.2, 0.25) is 0 Å². The van der Waals surface area contributed by atoms with Crippen molar-refractivity contribution in [3.05, 3.63) is 125 Å². The average Bonchev–Trinajstić information content (AvgIpc) is 3.06. The first-order chi connectivity index (χ1) is 22.4. The van der Waals surface area contributed by atoms with E-state index < -0.39 is 28.5 Å². The van der Waals surface area contributed by atoms with Gasteiger partial charge in [0.15, 0.2) is 0 Å². The van der Waals surface area contributed by atoms with Gasteiger partial charge in [-0.3, -0.25) is 13.9 Å². The van der Waals surface area contributed by atoms with Crippen LogP contribution in [0, 0.1) is 20.8 Å². The number of carbonyl (C=O) groups is 2. The molecule has 0 unspecified atom stereocenters. The molecule has 9 heteroatoms. The van der Waals surface area contributed by atoms with E-state index in [0.29, 0.717) is 12.2 Å². The van der Waals surface area contributed by atoms with E-state index in [1.807, 2.05) is 95.3 Å². The van der Waals surface area contributed by atoms with Crippen molar-refractivity contribution in [1.29, 1.82) is 0 Å². The summed E-state index contributed by atoms with van der Waals surface area (Å²) in [5, 5.41) is 3.07.